The second-order valence-electron chi connectivity index (χ2n) is 11.4. The van der Waals surface area contributed by atoms with Crippen molar-refractivity contribution in [2.45, 2.75) is 26.1 Å². The molecule has 0 N–H and O–H groups in total. The first-order valence-electron chi connectivity index (χ1n) is 15.1. The number of aryl methyl sites for hydroxylation is 2. The minimum atomic E-state index is -4.46. The lowest BCUT2D eigenvalue weighted by molar-refractivity contribution is -0.137. The summed E-state index contributed by atoms with van der Waals surface area (Å²) < 4.78 is 43.2. The van der Waals surface area contributed by atoms with Gasteiger partial charge < -0.3 is 0 Å². The molecule has 1 aliphatic heterocycles. The van der Waals surface area contributed by atoms with Crippen molar-refractivity contribution in [3.8, 4) is 5.69 Å². The number of piperazine rings is 1. The largest absolute Gasteiger partial charge is 0.416 e. The van der Waals surface area contributed by atoms with E-state index in [1.165, 1.54) is 17.7 Å². The molecule has 1 aliphatic rings. The number of hydrogen-bond acceptors (Lipinski definition) is 5. The molecule has 0 saturated carbocycles. The lowest BCUT2D eigenvalue weighted by atomic mass is 9.97. The second-order valence-corrected chi connectivity index (χ2v) is 11.4. The molecule has 6 nitrogen and oxygen atoms in total. The average Bonchev–Trinajstić information content (AvgIpc) is 3.51. The Bertz CT molecular complexity index is 1700. The Morgan fingerprint density at radius 2 is 1.38 bits per heavy atom. The van der Waals surface area contributed by atoms with Crippen molar-refractivity contribution in [2.24, 2.45) is 0 Å². The van der Waals surface area contributed by atoms with Crippen molar-refractivity contribution in [1.29, 1.82) is 0 Å². The Balaban J connectivity index is 1.30. The van der Waals surface area contributed by atoms with Crippen LogP contribution in [0.25, 0.3) is 11.3 Å². The highest BCUT2D eigenvalue weighted by atomic mass is 19.4. The molecule has 1 saturated heterocycles. The molecule has 0 amide bonds. The van der Waals surface area contributed by atoms with Gasteiger partial charge in [-0.2, -0.15) is 17.9 Å². The summed E-state index contributed by atoms with van der Waals surface area (Å²) >= 11 is 0. The van der Waals surface area contributed by atoms with Gasteiger partial charge in [-0.15, -0.1) is 5.10 Å². The van der Waals surface area contributed by atoms with Crippen LogP contribution in [-0.4, -0.2) is 62.7 Å². The van der Waals surface area contributed by atoms with E-state index < -0.39 is 17.8 Å². The van der Waals surface area contributed by atoms with Crippen LogP contribution in [0.2, 0.25) is 0 Å². The topological polar surface area (TPSA) is 50.1 Å². The van der Waals surface area contributed by atoms with Gasteiger partial charge in [-0.3, -0.25) is 9.80 Å². The number of aromatic nitrogens is 4. The highest BCUT2D eigenvalue weighted by molar-refractivity contribution is 5.79. The van der Waals surface area contributed by atoms with Crippen LogP contribution < -0.4 is 0 Å². The molecular weight excluding hydrogens is 573 g/mol. The van der Waals surface area contributed by atoms with Crippen molar-refractivity contribution in [1.82, 2.24) is 30.0 Å². The molecule has 230 valence electrons. The van der Waals surface area contributed by atoms with Crippen LogP contribution in [0.5, 0.6) is 0 Å². The summed E-state index contributed by atoms with van der Waals surface area (Å²) in [7, 11) is 0. The van der Waals surface area contributed by atoms with E-state index in [9.17, 15) is 13.2 Å². The number of benzene rings is 4. The second kappa shape index (κ2) is 13.2. The summed E-state index contributed by atoms with van der Waals surface area (Å²) in [5, 5.41) is 12.8. The van der Waals surface area contributed by atoms with Crippen LogP contribution in [0.3, 0.4) is 0 Å². The predicted octanol–water partition coefficient (Wildman–Crippen LogP) is 7.14. The molecule has 1 atom stereocenters. The maximum Gasteiger partial charge on any atom is 0.416 e. The SMILES string of the molecule is Cc1cccc(C)c1-n1nnnc1C(c1cccc(C(F)(F)F)c1)N1CCN(CC=C(c2ccccc2)c2ccccc2)CC1. The molecule has 2 heterocycles. The molecule has 4 aromatic carbocycles. The number of alkyl halides is 3. The fourth-order valence-electron chi connectivity index (χ4n) is 6.13. The number of nitrogens with zero attached hydrogens (tertiary/aromatic N) is 6. The summed E-state index contributed by atoms with van der Waals surface area (Å²) in [6.07, 6.45) is -2.19. The molecule has 0 bridgehead atoms. The van der Waals surface area contributed by atoms with Crippen LogP contribution in [0.15, 0.2) is 109 Å². The average molecular weight is 609 g/mol. The first-order valence-corrected chi connectivity index (χ1v) is 15.1. The molecule has 1 aromatic heterocycles. The third-order valence-corrected chi connectivity index (χ3v) is 8.41. The standard InChI is InChI=1S/C36H35F3N6/c1-26-11-9-12-27(2)33(26)45-35(40-41-42-45)34(30-17-10-18-31(25-30)36(37,38)39)44-23-21-43(22-24-44)20-19-32(28-13-5-3-6-14-28)29-15-7-4-8-16-29/h3-19,25,34H,20-24H2,1-2H3. The highest BCUT2D eigenvalue weighted by Gasteiger charge is 2.35. The molecule has 5 aromatic rings. The summed E-state index contributed by atoms with van der Waals surface area (Å²) in [4.78, 5) is 4.57. The third kappa shape index (κ3) is 6.74. The monoisotopic (exact) mass is 608 g/mol. The zero-order valence-corrected chi connectivity index (χ0v) is 25.3. The number of hydrogen-bond donors (Lipinski definition) is 0. The van der Waals surface area contributed by atoms with E-state index >= 15 is 0 Å². The van der Waals surface area contributed by atoms with Gasteiger partial charge in [0.25, 0.3) is 0 Å². The van der Waals surface area contributed by atoms with Crippen LogP contribution in [0.1, 0.15) is 45.2 Å². The molecule has 6 rings (SSSR count). The third-order valence-electron chi connectivity index (χ3n) is 8.41. The maximum atomic E-state index is 13.8. The quantitative estimate of drug-likeness (QED) is 0.188. The lowest BCUT2D eigenvalue weighted by Gasteiger charge is -2.39. The van der Waals surface area contributed by atoms with Gasteiger partial charge >= 0.3 is 6.18 Å². The van der Waals surface area contributed by atoms with Crippen molar-refractivity contribution in [2.75, 3.05) is 32.7 Å². The molecule has 1 unspecified atom stereocenters. The molecule has 1 fully saturated rings. The maximum absolute atomic E-state index is 13.8. The summed E-state index contributed by atoms with van der Waals surface area (Å²) in [6, 6.07) is 31.6. The smallest absolute Gasteiger partial charge is 0.297 e. The van der Waals surface area contributed by atoms with Crippen molar-refractivity contribution in [3.05, 3.63) is 148 Å². The van der Waals surface area contributed by atoms with E-state index in [0.717, 1.165) is 53.6 Å². The zero-order valence-electron chi connectivity index (χ0n) is 25.3. The van der Waals surface area contributed by atoms with Gasteiger partial charge in [0, 0.05) is 32.7 Å². The fourth-order valence-corrected chi connectivity index (χ4v) is 6.13. The van der Waals surface area contributed by atoms with E-state index in [-0.39, 0.29) is 0 Å². The number of rotatable bonds is 8. The zero-order chi connectivity index (χ0) is 31.4. The van der Waals surface area contributed by atoms with E-state index in [0.29, 0.717) is 24.5 Å². The predicted molar refractivity (Wildman–Crippen MR) is 170 cm³/mol. The molecule has 45 heavy (non-hydrogen) atoms. The molecule has 0 radical (unpaired) electrons. The van der Waals surface area contributed by atoms with Crippen LogP contribution in [0.4, 0.5) is 13.2 Å². The number of para-hydroxylation sites is 1. The summed E-state index contributed by atoms with van der Waals surface area (Å²) in [5.41, 5.74) is 6.12. The van der Waals surface area contributed by atoms with Crippen LogP contribution in [-0.2, 0) is 6.18 Å². The van der Waals surface area contributed by atoms with Gasteiger partial charge in [-0.05, 0) is 69.8 Å². The van der Waals surface area contributed by atoms with Gasteiger partial charge in [-0.25, -0.2) is 0 Å². The molecular formula is C36H35F3N6. The number of halogens is 3. The Labute approximate surface area is 261 Å². The Hall–Kier alpha value is -4.60. The van der Waals surface area contributed by atoms with Crippen LogP contribution in [0, 0.1) is 13.8 Å². The summed E-state index contributed by atoms with van der Waals surface area (Å²) in [5.74, 6) is 0.496. The van der Waals surface area contributed by atoms with Gasteiger partial charge in [0.15, 0.2) is 5.82 Å². The fraction of sp³-hybridized carbons (Fsp3) is 0.250. The Kier molecular flexibility index (Phi) is 8.91. The normalized spacial score (nSPS) is 15.1. The lowest BCUT2D eigenvalue weighted by Crippen LogP contribution is -2.48. The van der Waals surface area contributed by atoms with Crippen molar-refractivity contribution >= 4 is 5.57 Å². The van der Waals surface area contributed by atoms with E-state index in [4.69, 9.17) is 0 Å². The summed E-state index contributed by atoms with van der Waals surface area (Å²) in [6.45, 7) is 7.49. The molecule has 0 aliphatic carbocycles. The molecule has 9 heteroatoms. The first-order chi connectivity index (χ1) is 21.8. The van der Waals surface area contributed by atoms with Crippen molar-refractivity contribution in [3.63, 3.8) is 0 Å². The van der Waals surface area contributed by atoms with Crippen LogP contribution >= 0.6 is 0 Å². The van der Waals surface area contributed by atoms with Gasteiger partial charge in [-0.1, -0.05) is 97.1 Å². The van der Waals surface area contributed by atoms with Gasteiger partial charge in [0.05, 0.1) is 17.3 Å². The number of tetrazole rings is 1. The molecule has 0 spiro atoms. The minimum absolute atomic E-state index is 0.496. The van der Waals surface area contributed by atoms with E-state index in [1.54, 1.807) is 10.7 Å². The van der Waals surface area contributed by atoms with Gasteiger partial charge in [0.1, 0.15) is 0 Å². The first kappa shape index (κ1) is 30.4. The highest BCUT2D eigenvalue weighted by Crippen LogP contribution is 2.35. The van der Waals surface area contributed by atoms with Gasteiger partial charge in [0.2, 0.25) is 0 Å². The Morgan fingerprint density at radius 3 is 1.98 bits per heavy atom. The van der Waals surface area contributed by atoms with E-state index in [1.807, 2.05) is 68.4 Å². The Morgan fingerprint density at radius 1 is 0.778 bits per heavy atom. The van der Waals surface area contributed by atoms with Crippen molar-refractivity contribution < 1.29 is 13.2 Å². The van der Waals surface area contributed by atoms with E-state index in [2.05, 4.69) is 55.7 Å². The minimum Gasteiger partial charge on any atom is -0.297 e.